The van der Waals surface area contributed by atoms with Gasteiger partial charge in [-0.05, 0) is 32.4 Å². The Bertz CT molecular complexity index is 341. The molecule has 0 aliphatic carbocycles. The van der Waals surface area contributed by atoms with Crippen molar-refractivity contribution in [3.8, 4) is 0 Å². The summed E-state index contributed by atoms with van der Waals surface area (Å²) >= 11 is 0. The quantitative estimate of drug-likeness (QED) is 0.790. The molecule has 1 aliphatic heterocycles. The highest BCUT2D eigenvalue weighted by Gasteiger charge is 2.17. The molecule has 1 aromatic rings. The molecule has 0 amide bonds. The van der Waals surface area contributed by atoms with E-state index < -0.39 is 0 Å². The topological polar surface area (TPSA) is 67.1 Å². The largest absolute Gasteiger partial charge is 0.394 e. The van der Waals surface area contributed by atoms with E-state index in [0.29, 0.717) is 11.6 Å². The van der Waals surface area contributed by atoms with Crippen LogP contribution in [0.15, 0.2) is 12.5 Å². The number of nitrogens with one attached hydrogen (secondary N) is 1. The molecule has 0 aromatic carbocycles. The molecule has 3 N–H and O–H groups in total. The third-order valence-corrected chi connectivity index (χ3v) is 3.02. The van der Waals surface area contributed by atoms with E-state index >= 15 is 0 Å². The Morgan fingerprint density at radius 1 is 1.62 bits per heavy atom. The van der Waals surface area contributed by atoms with Gasteiger partial charge in [-0.2, -0.15) is 0 Å². The van der Waals surface area contributed by atoms with Crippen molar-refractivity contribution in [2.75, 3.05) is 37.7 Å². The molecule has 88 valence electrons. The number of anilines is 2. The predicted octanol–water partition coefficient (Wildman–Crippen LogP) is 0.812. The van der Waals surface area contributed by atoms with Crippen LogP contribution in [0.5, 0.6) is 0 Å². The van der Waals surface area contributed by atoms with Crippen LogP contribution in [-0.4, -0.2) is 41.5 Å². The molecule has 0 spiro atoms. The van der Waals surface area contributed by atoms with Gasteiger partial charge in [0, 0.05) is 13.1 Å². The second-order valence-electron chi connectivity index (χ2n) is 4.48. The SMILES string of the molecule is CN1CCCC(CNc2ncncc2N)C1. The van der Waals surface area contributed by atoms with Crippen molar-refractivity contribution in [3.63, 3.8) is 0 Å². The molecule has 2 rings (SSSR count). The smallest absolute Gasteiger partial charge is 0.152 e. The highest BCUT2D eigenvalue weighted by Crippen LogP contribution is 2.17. The summed E-state index contributed by atoms with van der Waals surface area (Å²) < 4.78 is 0. The fourth-order valence-electron chi connectivity index (χ4n) is 2.17. The molecular weight excluding hydrogens is 202 g/mol. The minimum absolute atomic E-state index is 0.617. The first-order chi connectivity index (χ1) is 7.75. The van der Waals surface area contributed by atoms with Gasteiger partial charge in [0.25, 0.3) is 0 Å². The van der Waals surface area contributed by atoms with Crippen LogP contribution in [-0.2, 0) is 0 Å². The van der Waals surface area contributed by atoms with Gasteiger partial charge in [-0.15, -0.1) is 0 Å². The summed E-state index contributed by atoms with van der Waals surface area (Å²) in [5, 5.41) is 3.30. The molecule has 0 radical (unpaired) electrons. The monoisotopic (exact) mass is 221 g/mol. The lowest BCUT2D eigenvalue weighted by Crippen LogP contribution is -2.35. The van der Waals surface area contributed by atoms with Crippen LogP contribution in [0.3, 0.4) is 0 Å². The Morgan fingerprint density at radius 3 is 3.25 bits per heavy atom. The van der Waals surface area contributed by atoms with Gasteiger partial charge >= 0.3 is 0 Å². The van der Waals surface area contributed by atoms with Crippen LogP contribution in [0.1, 0.15) is 12.8 Å². The standard InChI is InChI=1S/C11H19N5/c1-16-4-2-3-9(7-16)5-14-11-10(12)6-13-8-15-11/h6,8-9H,2-5,7,12H2,1H3,(H,13,14,15). The minimum atomic E-state index is 0.617. The van der Waals surface area contributed by atoms with E-state index in [0.717, 1.165) is 18.9 Å². The number of nitrogens with two attached hydrogens (primary N) is 1. The summed E-state index contributed by atoms with van der Waals surface area (Å²) in [5.41, 5.74) is 6.38. The van der Waals surface area contributed by atoms with Gasteiger partial charge in [0.1, 0.15) is 6.33 Å². The number of nitrogens with zero attached hydrogens (tertiary/aromatic N) is 3. The van der Waals surface area contributed by atoms with Gasteiger partial charge in [0.2, 0.25) is 0 Å². The molecule has 1 aliphatic rings. The van der Waals surface area contributed by atoms with Crippen molar-refractivity contribution in [3.05, 3.63) is 12.5 Å². The summed E-state index contributed by atoms with van der Waals surface area (Å²) in [7, 11) is 2.17. The van der Waals surface area contributed by atoms with Crippen LogP contribution in [0.25, 0.3) is 0 Å². The number of nitrogen functional groups attached to an aromatic ring is 1. The average Bonchev–Trinajstić information content (AvgIpc) is 2.28. The van der Waals surface area contributed by atoms with E-state index in [1.165, 1.54) is 25.7 Å². The summed E-state index contributed by atoms with van der Waals surface area (Å²) in [5.74, 6) is 1.44. The normalized spacial score (nSPS) is 21.9. The van der Waals surface area contributed by atoms with Gasteiger partial charge in [-0.1, -0.05) is 0 Å². The van der Waals surface area contributed by atoms with Crippen LogP contribution in [0.2, 0.25) is 0 Å². The Balaban J connectivity index is 1.85. The van der Waals surface area contributed by atoms with E-state index in [1.807, 2.05) is 0 Å². The molecule has 2 heterocycles. The van der Waals surface area contributed by atoms with E-state index in [2.05, 4.69) is 27.2 Å². The number of hydrogen-bond acceptors (Lipinski definition) is 5. The molecule has 0 saturated carbocycles. The Labute approximate surface area is 96.1 Å². The summed E-state index contributed by atoms with van der Waals surface area (Å²) in [6.45, 7) is 3.30. The van der Waals surface area contributed by atoms with Gasteiger partial charge in [0.15, 0.2) is 5.82 Å². The number of rotatable bonds is 3. The second kappa shape index (κ2) is 5.12. The van der Waals surface area contributed by atoms with E-state index in [-0.39, 0.29) is 0 Å². The first-order valence-corrected chi connectivity index (χ1v) is 5.73. The molecular formula is C11H19N5. The highest BCUT2D eigenvalue weighted by atomic mass is 15.1. The van der Waals surface area contributed by atoms with Crippen molar-refractivity contribution in [2.24, 2.45) is 5.92 Å². The summed E-state index contributed by atoms with van der Waals surface area (Å²) in [6.07, 6.45) is 5.71. The Hall–Kier alpha value is -1.36. The molecule has 1 atom stereocenters. The molecule has 5 heteroatoms. The van der Waals surface area contributed by atoms with E-state index in [9.17, 15) is 0 Å². The summed E-state index contributed by atoms with van der Waals surface area (Å²) in [4.78, 5) is 10.4. The van der Waals surface area contributed by atoms with Gasteiger partial charge in [0.05, 0.1) is 11.9 Å². The number of aromatic nitrogens is 2. The van der Waals surface area contributed by atoms with Crippen LogP contribution in [0, 0.1) is 5.92 Å². The number of piperidine rings is 1. The zero-order valence-electron chi connectivity index (χ0n) is 9.69. The zero-order chi connectivity index (χ0) is 11.4. The summed E-state index contributed by atoms with van der Waals surface area (Å²) in [6, 6.07) is 0. The molecule has 1 fully saturated rings. The van der Waals surface area contributed by atoms with E-state index in [1.54, 1.807) is 6.20 Å². The van der Waals surface area contributed by atoms with Gasteiger partial charge in [-0.25, -0.2) is 9.97 Å². The van der Waals surface area contributed by atoms with Crippen molar-refractivity contribution in [2.45, 2.75) is 12.8 Å². The van der Waals surface area contributed by atoms with Crippen molar-refractivity contribution < 1.29 is 0 Å². The maximum atomic E-state index is 5.77. The third kappa shape index (κ3) is 2.82. The minimum Gasteiger partial charge on any atom is -0.394 e. The average molecular weight is 221 g/mol. The van der Waals surface area contributed by atoms with Crippen LogP contribution in [0.4, 0.5) is 11.5 Å². The lowest BCUT2D eigenvalue weighted by Gasteiger charge is -2.29. The fraction of sp³-hybridized carbons (Fsp3) is 0.636. The van der Waals surface area contributed by atoms with Crippen molar-refractivity contribution in [1.29, 1.82) is 0 Å². The number of likely N-dealkylation sites (tertiary alicyclic amines) is 1. The van der Waals surface area contributed by atoms with Crippen molar-refractivity contribution >= 4 is 11.5 Å². The van der Waals surface area contributed by atoms with Gasteiger partial charge in [-0.3, -0.25) is 0 Å². The van der Waals surface area contributed by atoms with Gasteiger partial charge < -0.3 is 16.0 Å². The highest BCUT2D eigenvalue weighted by molar-refractivity contribution is 5.58. The molecule has 1 unspecified atom stereocenters. The Morgan fingerprint density at radius 2 is 2.50 bits per heavy atom. The molecule has 0 bridgehead atoms. The third-order valence-electron chi connectivity index (χ3n) is 3.02. The molecule has 16 heavy (non-hydrogen) atoms. The first-order valence-electron chi connectivity index (χ1n) is 5.73. The predicted molar refractivity (Wildman–Crippen MR) is 65.2 cm³/mol. The second-order valence-corrected chi connectivity index (χ2v) is 4.48. The van der Waals surface area contributed by atoms with E-state index in [4.69, 9.17) is 5.73 Å². The Kier molecular flexibility index (Phi) is 3.56. The zero-order valence-corrected chi connectivity index (χ0v) is 9.69. The molecule has 1 aromatic heterocycles. The first kappa shape index (κ1) is 11.1. The fourth-order valence-corrected chi connectivity index (χ4v) is 2.17. The van der Waals surface area contributed by atoms with Crippen LogP contribution >= 0.6 is 0 Å². The molecule has 1 saturated heterocycles. The number of hydrogen-bond donors (Lipinski definition) is 2. The lowest BCUT2D eigenvalue weighted by atomic mass is 9.98. The lowest BCUT2D eigenvalue weighted by molar-refractivity contribution is 0.217. The maximum absolute atomic E-state index is 5.77. The maximum Gasteiger partial charge on any atom is 0.152 e. The molecule has 5 nitrogen and oxygen atoms in total. The van der Waals surface area contributed by atoms with Crippen LogP contribution < -0.4 is 11.1 Å². The van der Waals surface area contributed by atoms with Crippen molar-refractivity contribution in [1.82, 2.24) is 14.9 Å².